The summed E-state index contributed by atoms with van der Waals surface area (Å²) in [4.78, 5) is 32.1. The fourth-order valence-corrected chi connectivity index (χ4v) is 4.82. The number of hydrogen-bond donors (Lipinski definition) is 1. The van der Waals surface area contributed by atoms with Gasteiger partial charge in [-0.2, -0.15) is 5.10 Å². The average Bonchev–Trinajstić information content (AvgIpc) is 3.20. The van der Waals surface area contributed by atoms with Gasteiger partial charge in [-0.3, -0.25) is 9.59 Å². The van der Waals surface area contributed by atoms with Crippen LogP contribution in [0.25, 0.3) is 21.8 Å². The number of aryl methyl sites for hydroxylation is 2. The SMILES string of the molecule is CCc1n[nH]c(=O)c(-c2nc(-c3ccc4c(c3)CC(=O)N4C)c(C)s2)c1CC. The Morgan fingerprint density at radius 1 is 1.21 bits per heavy atom. The number of likely N-dealkylation sites (N-methyl/N-ethyl adjacent to an activating group) is 1. The van der Waals surface area contributed by atoms with Crippen LogP contribution < -0.4 is 10.5 Å². The summed E-state index contributed by atoms with van der Waals surface area (Å²) in [5.41, 5.74) is 6.11. The number of aromatic nitrogens is 3. The van der Waals surface area contributed by atoms with Crippen molar-refractivity contribution in [1.82, 2.24) is 15.2 Å². The fraction of sp³-hybridized carbons (Fsp3) is 0.333. The minimum Gasteiger partial charge on any atom is -0.315 e. The summed E-state index contributed by atoms with van der Waals surface area (Å²) in [6.07, 6.45) is 1.91. The van der Waals surface area contributed by atoms with Crippen molar-refractivity contribution in [3.8, 4) is 21.8 Å². The van der Waals surface area contributed by atoms with Crippen molar-refractivity contribution in [3.05, 3.63) is 50.3 Å². The summed E-state index contributed by atoms with van der Waals surface area (Å²) in [5, 5.41) is 7.54. The number of thiazole rings is 1. The lowest BCUT2D eigenvalue weighted by atomic mass is 10.0. The first-order chi connectivity index (χ1) is 13.4. The first kappa shape index (κ1) is 18.6. The van der Waals surface area contributed by atoms with E-state index in [4.69, 9.17) is 4.98 Å². The highest BCUT2D eigenvalue weighted by Crippen LogP contribution is 2.37. The Hall–Kier alpha value is -2.80. The van der Waals surface area contributed by atoms with Crippen molar-refractivity contribution in [2.75, 3.05) is 11.9 Å². The number of carbonyl (C=O) groups is 1. The van der Waals surface area contributed by atoms with Gasteiger partial charge in [0.25, 0.3) is 5.56 Å². The minimum absolute atomic E-state index is 0.103. The maximum atomic E-state index is 12.6. The minimum atomic E-state index is -0.199. The summed E-state index contributed by atoms with van der Waals surface area (Å²) in [7, 11) is 1.80. The van der Waals surface area contributed by atoms with Gasteiger partial charge in [-0.1, -0.05) is 19.9 Å². The number of hydrogen-bond acceptors (Lipinski definition) is 5. The molecule has 0 saturated heterocycles. The molecule has 28 heavy (non-hydrogen) atoms. The molecule has 1 amide bonds. The highest BCUT2D eigenvalue weighted by Gasteiger charge is 2.25. The summed E-state index contributed by atoms with van der Waals surface area (Å²) in [6.45, 7) is 6.09. The molecule has 1 aliphatic rings. The van der Waals surface area contributed by atoms with E-state index >= 15 is 0 Å². The standard InChI is InChI=1S/C21H22N4O2S/c1-5-14-15(6-2)23-24-20(27)18(14)21-22-19(11(3)28-21)12-7-8-16-13(9-12)10-17(26)25(16)4/h7-9H,5-6,10H2,1-4H3,(H,24,27). The number of aromatic amines is 1. The van der Waals surface area contributed by atoms with Crippen molar-refractivity contribution < 1.29 is 4.79 Å². The number of fused-ring (bicyclic) bond motifs is 1. The number of amides is 1. The molecule has 0 atom stereocenters. The Kier molecular flexibility index (Phi) is 4.63. The number of H-pyrrole nitrogens is 1. The van der Waals surface area contributed by atoms with Gasteiger partial charge in [0.1, 0.15) is 5.01 Å². The molecule has 0 aliphatic carbocycles. The van der Waals surface area contributed by atoms with E-state index in [1.807, 2.05) is 39.0 Å². The van der Waals surface area contributed by atoms with Gasteiger partial charge in [0.05, 0.1) is 23.4 Å². The highest BCUT2D eigenvalue weighted by molar-refractivity contribution is 7.15. The number of anilines is 1. The molecule has 1 aromatic carbocycles. The third kappa shape index (κ3) is 2.86. The molecule has 0 saturated carbocycles. The Morgan fingerprint density at radius 3 is 2.71 bits per heavy atom. The van der Waals surface area contributed by atoms with Gasteiger partial charge in [0.15, 0.2) is 0 Å². The van der Waals surface area contributed by atoms with Crippen molar-refractivity contribution >= 4 is 22.9 Å². The van der Waals surface area contributed by atoms with Crippen LogP contribution in [0.4, 0.5) is 5.69 Å². The van der Waals surface area contributed by atoms with Crippen molar-refractivity contribution in [2.45, 2.75) is 40.0 Å². The predicted octanol–water partition coefficient (Wildman–Crippen LogP) is 3.51. The normalized spacial score (nSPS) is 13.3. The van der Waals surface area contributed by atoms with Crippen LogP contribution in [0.2, 0.25) is 0 Å². The molecule has 3 aromatic rings. The third-order valence-electron chi connectivity index (χ3n) is 5.30. The van der Waals surface area contributed by atoms with Gasteiger partial charge in [0, 0.05) is 23.2 Å². The molecule has 1 N–H and O–H groups in total. The van der Waals surface area contributed by atoms with E-state index in [-0.39, 0.29) is 11.5 Å². The van der Waals surface area contributed by atoms with E-state index in [0.29, 0.717) is 12.0 Å². The quantitative estimate of drug-likeness (QED) is 0.734. The zero-order valence-corrected chi connectivity index (χ0v) is 17.2. The summed E-state index contributed by atoms with van der Waals surface area (Å²) < 4.78 is 0. The molecule has 2 aromatic heterocycles. The lowest BCUT2D eigenvalue weighted by Gasteiger charge is -2.10. The zero-order chi connectivity index (χ0) is 20.0. The lowest BCUT2D eigenvalue weighted by Crippen LogP contribution is -2.20. The van der Waals surface area contributed by atoms with Crippen LogP contribution in [0.3, 0.4) is 0 Å². The Bertz CT molecular complexity index is 1150. The molecular formula is C21H22N4O2S. The number of benzene rings is 1. The molecule has 4 rings (SSSR count). The number of carbonyl (C=O) groups excluding carboxylic acids is 1. The van der Waals surface area contributed by atoms with Gasteiger partial charge in [-0.05, 0) is 43.0 Å². The van der Waals surface area contributed by atoms with Crippen LogP contribution in [0.15, 0.2) is 23.0 Å². The Morgan fingerprint density at radius 2 is 2.00 bits per heavy atom. The first-order valence-corrected chi connectivity index (χ1v) is 10.2. The number of nitrogens with one attached hydrogen (secondary N) is 1. The summed E-state index contributed by atoms with van der Waals surface area (Å²) >= 11 is 1.52. The second-order valence-electron chi connectivity index (χ2n) is 6.96. The smallest absolute Gasteiger partial charge is 0.274 e. The third-order valence-corrected chi connectivity index (χ3v) is 6.29. The monoisotopic (exact) mass is 394 g/mol. The summed E-state index contributed by atoms with van der Waals surface area (Å²) in [5.74, 6) is 0.103. The van der Waals surface area contributed by atoms with Crippen molar-refractivity contribution in [1.29, 1.82) is 0 Å². The topological polar surface area (TPSA) is 79.0 Å². The van der Waals surface area contributed by atoms with E-state index < -0.39 is 0 Å². The van der Waals surface area contributed by atoms with E-state index in [1.165, 1.54) is 11.3 Å². The van der Waals surface area contributed by atoms with E-state index in [2.05, 4.69) is 10.2 Å². The molecule has 3 heterocycles. The van der Waals surface area contributed by atoms with Gasteiger partial charge in [0.2, 0.25) is 5.91 Å². The van der Waals surface area contributed by atoms with Crippen LogP contribution in [-0.4, -0.2) is 28.1 Å². The lowest BCUT2D eigenvalue weighted by molar-refractivity contribution is -0.117. The van der Waals surface area contributed by atoms with E-state index in [0.717, 1.165) is 56.5 Å². The second kappa shape index (κ2) is 6.98. The van der Waals surface area contributed by atoms with Gasteiger partial charge >= 0.3 is 0 Å². The number of nitrogens with zero attached hydrogens (tertiary/aromatic N) is 3. The average molecular weight is 395 g/mol. The van der Waals surface area contributed by atoms with Crippen molar-refractivity contribution in [3.63, 3.8) is 0 Å². The van der Waals surface area contributed by atoms with Gasteiger partial charge < -0.3 is 4.90 Å². The maximum absolute atomic E-state index is 12.6. The molecular weight excluding hydrogens is 372 g/mol. The first-order valence-electron chi connectivity index (χ1n) is 9.42. The fourth-order valence-electron chi connectivity index (χ4n) is 3.81. The van der Waals surface area contributed by atoms with Crippen LogP contribution in [-0.2, 0) is 24.1 Å². The molecule has 0 fully saturated rings. The molecule has 6 nitrogen and oxygen atoms in total. The molecule has 1 aliphatic heterocycles. The van der Waals surface area contributed by atoms with Gasteiger partial charge in [-0.25, -0.2) is 10.1 Å². The van der Waals surface area contributed by atoms with E-state index in [1.54, 1.807) is 11.9 Å². The molecule has 0 unspecified atom stereocenters. The largest absolute Gasteiger partial charge is 0.315 e. The molecule has 7 heteroatoms. The van der Waals surface area contributed by atoms with Crippen LogP contribution in [0, 0.1) is 6.92 Å². The molecule has 0 radical (unpaired) electrons. The number of rotatable bonds is 4. The predicted molar refractivity (Wildman–Crippen MR) is 112 cm³/mol. The maximum Gasteiger partial charge on any atom is 0.274 e. The van der Waals surface area contributed by atoms with Crippen LogP contribution in [0.5, 0.6) is 0 Å². The molecule has 0 spiro atoms. The Balaban J connectivity index is 1.83. The van der Waals surface area contributed by atoms with E-state index in [9.17, 15) is 9.59 Å². The van der Waals surface area contributed by atoms with Crippen LogP contribution >= 0.6 is 11.3 Å². The highest BCUT2D eigenvalue weighted by atomic mass is 32.1. The zero-order valence-electron chi connectivity index (χ0n) is 16.4. The summed E-state index contributed by atoms with van der Waals surface area (Å²) in [6, 6.07) is 6.01. The second-order valence-corrected chi connectivity index (χ2v) is 8.16. The van der Waals surface area contributed by atoms with Crippen LogP contribution in [0.1, 0.15) is 35.5 Å². The van der Waals surface area contributed by atoms with Crippen molar-refractivity contribution in [2.24, 2.45) is 0 Å². The Labute approximate surface area is 167 Å². The van der Waals surface area contributed by atoms with Gasteiger partial charge in [-0.15, -0.1) is 11.3 Å². The molecule has 144 valence electrons. The molecule has 0 bridgehead atoms.